The van der Waals surface area contributed by atoms with Crippen molar-refractivity contribution in [1.82, 2.24) is 4.90 Å². The van der Waals surface area contributed by atoms with Crippen LogP contribution in [0.3, 0.4) is 0 Å². The van der Waals surface area contributed by atoms with Gasteiger partial charge >= 0.3 is 0 Å². The first kappa shape index (κ1) is 12.4. The molecule has 2 rings (SSSR count). The summed E-state index contributed by atoms with van der Waals surface area (Å²) in [4.78, 5) is 2.53. The second-order valence-electron chi connectivity index (χ2n) is 6.06. The van der Waals surface area contributed by atoms with Gasteiger partial charge in [0.05, 0.1) is 0 Å². The zero-order valence-corrected chi connectivity index (χ0v) is 11.3. The first-order chi connectivity index (χ1) is 8.03. The Kier molecular flexibility index (Phi) is 3.72. The van der Waals surface area contributed by atoms with Crippen molar-refractivity contribution in [3.63, 3.8) is 0 Å². The average Bonchev–Trinajstić information content (AvgIpc) is 2.71. The van der Waals surface area contributed by atoms with Gasteiger partial charge in [0.2, 0.25) is 0 Å². The van der Waals surface area contributed by atoms with Gasteiger partial charge in [-0.15, -0.1) is 0 Å². The van der Waals surface area contributed by atoms with Gasteiger partial charge in [-0.2, -0.15) is 0 Å². The molecule has 0 unspecified atom stereocenters. The van der Waals surface area contributed by atoms with Gasteiger partial charge in [-0.05, 0) is 64.4 Å². The van der Waals surface area contributed by atoms with Crippen LogP contribution in [0.25, 0.3) is 0 Å². The van der Waals surface area contributed by atoms with Gasteiger partial charge in [0.1, 0.15) is 0 Å². The highest BCUT2D eigenvalue weighted by Gasteiger charge is 2.12. The lowest BCUT2D eigenvalue weighted by molar-refractivity contribution is 0.331. The van der Waals surface area contributed by atoms with E-state index in [9.17, 15) is 0 Å². The Balaban J connectivity index is 1.93. The van der Waals surface area contributed by atoms with E-state index < -0.39 is 0 Å². The van der Waals surface area contributed by atoms with Crippen LogP contribution >= 0.6 is 0 Å². The number of hydrogen-bond donors (Lipinski definition) is 1. The number of anilines is 1. The Morgan fingerprint density at radius 2 is 1.65 bits per heavy atom. The van der Waals surface area contributed by atoms with Crippen molar-refractivity contribution in [3.8, 4) is 0 Å². The predicted octanol–water partition coefficient (Wildman–Crippen LogP) is 3.49. The molecule has 17 heavy (non-hydrogen) atoms. The molecule has 0 bridgehead atoms. The lowest BCUT2D eigenvalue weighted by Crippen LogP contribution is -2.26. The number of likely N-dealkylation sites (tertiary alicyclic amines) is 1. The average molecular weight is 232 g/mol. The fourth-order valence-electron chi connectivity index (χ4n) is 2.33. The molecule has 1 N–H and O–H groups in total. The van der Waals surface area contributed by atoms with Crippen molar-refractivity contribution in [3.05, 3.63) is 29.8 Å². The highest BCUT2D eigenvalue weighted by atomic mass is 15.1. The van der Waals surface area contributed by atoms with E-state index >= 15 is 0 Å². The van der Waals surface area contributed by atoms with E-state index in [0.717, 1.165) is 6.54 Å². The molecule has 0 atom stereocenters. The maximum Gasteiger partial charge on any atom is 0.0344 e. The minimum Gasteiger partial charge on any atom is -0.380 e. The van der Waals surface area contributed by atoms with Crippen molar-refractivity contribution in [1.29, 1.82) is 0 Å². The zero-order chi connectivity index (χ0) is 12.3. The molecule has 1 aliphatic heterocycles. The molecular formula is C15H24N2. The molecule has 2 heteroatoms. The SMILES string of the molecule is CC(C)(C)Nc1ccc(CN2CCCC2)cc1. The number of nitrogens with zero attached hydrogens (tertiary/aromatic N) is 1. The molecule has 0 amide bonds. The van der Waals surface area contributed by atoms with Crippen LogP contribution in [0.1, 0.15) is 39.2 Å². The third-order valence-electron chi connectivity index (χ3n) is 3.08. The van der Waals surface area contributed by atoms with Crippen LogP contribution in [0.5, 0.6) is 0 Å². The molecule has 1 aromatic carbocycles. The summed E-state index contributed by atoms with van der Waals surface area (Å²) in [5.74, 6) is 0. The quantitative estimate of drug-likeness (QED) is 0.858. The van der Waals surface area contributed by atoms with Crippen molar-refractivity contribution >= 4 is 5.69 Å². The van der Waals surface area contributed by atoms with Crippen LogP contribution in [0.4, 0.5) is 5.69 Å². The third kappa shape index (κ3) is 4.04. The van der Waals surface area contributed by atoms with Gasteiger partial charge in [0.15, 0.2) is 0 Å². The third-order valence-corrected chi connectivity index (χ3v) is 3.08. The molecule has 1 aromatic rings. The summed E-state index contributed by atoms with van der Waals surface area (Å²) in [5, 5.41) is 3.49. The molecule has 1 aliphatic rings. The molecule has 94 valence electrons. The number of benzene rings is 1. The Labute approximate surface area is 105 Å². The molecule has 1 heterocycles. The van der Waals surface area contributed by atoms with E-state index in [1.165, 1.54) is 37.2 Å². The summed E-state index contributed by atoms with van der Waals surface area (Å²) in [6.45, 7) is 10.2. The van der Waals surface area contributed by atoms with E-state index in [0.29, 0.717) is 0 Å². The van der Waals surface area contributed by atoms with E-state index in [4.69, 9.17) is 0 Å². The van der Waals surface area contributed by atoms with E-state index in [-0.39, 0.29) is 5.54 Å². The monoisotopic (exact) mass is 232 g/mol. The first-order valence-electron chi connectivity index (χ1n) is 6.62. The lowest BCUT2D eigenvalue weighted by Gasteiger charge is -2.22. The normalized spacial score (nSPS) is 17.4. The fourth-order valence-corrected chi connectivity index (χ4v) is 2.33. The molecule has 0 saturated carbocycles. The van der Waals surface area contributed by atoms with Crippen LogP contribution < -0.4 is 5.32 Å². The Morgan fingerprint density at radius 3 is 2.18 bits per heavy atom. The zero-order valence-electron chi connectivity index (χ0n) is 11.3. The van der Waals surface area contributed by atoms with Crippen LogP contribution in [-0.4, -0.2) is 23.5 Å². The van der Waals surface area contributed by atoms with Gasteiger partial charge in [-0.1, -0.05) is 12.1 Å². The molecular weight excluding hydrogens is 208 g/mol. The largest absolute Gasteiger partial charge is 0.380 e. The van der Waals surface area contributed by atoms with Gasteiger partial charge in [0, 0.05) is 17.8 Å². The molecule has 0 aliphatic carbocycles. The molecule has 1 fully saturated rings. The van der Waals surface area contributed by atoms with Crippen molar-refractivity contribution < 1.29 is 0 Å². The number of nitrogens with one attached hydrogen (secondary N) is 1. The summed E-state index contributed by atoms with van der Waals surface area (Å²) in [6, 6.07) is 8.87. The summed E-state index contributed by atoms with van der Waals surface area (Å²) in [6.07, 6.45) is 2.73. The standard InChI is InChI=1S/C15H24N2/c1-15(2,3)16-14-8-6-13(7-9-14)12-17-10-4-5-11-17/h6-9,16H,4-5,10-12H2,1-3H3. The Bertz CT molecular complexity index is 342. The molecule has 0 aromatic heterocycles. The van der Waals surface area contributed by atoms with E-state index in [1.807, 2.05) is 0 Å². The molecule has 1 saturated heterocycles. The smallest absolute Gasteiger partial charge is 0.0344 e. The fraction of sp³-hybridized carbons (Fsp3) is 0.600. The van der Waals surface area contributed by atoms with Crippen LogP contribution in [0, 0.1) is 0 Å². The Morgan fingerprint density at radius 1 is 1.06 bits per heavy atom. The van der Waals surface area contributed by atoms with Gasteiger partial charge < -0.3 is 5.32 Å². The minimum absolute atomic E-state index is 0.135. The van der Waals surface area contributed by atoms with Crippen molar-refractivity contribution in [2.75, 3.05) is 18.4 Å². The number of rotatable bonds is 3. The van der Waals surface area contributed by atoms with Crippen molar-refractivity contribution in [2.45, 2.75) is 45.7 Å². The van der Waals surface area contributed by atoms with Crippen LogP contribution in [0.2, 0.25) is 0 Å². The maximum absolute atomic E-state index is 3.49. The van der Waals surface area contributed by atoms with Crippen molar-refractivity contribution in [2.24, 2.45) is 0 Å². The summed E-state index contributed by atoms with van der Waals surface area (Å²) >= 11 is 0. The second kappa shape index (κ2) is 5.09. The minimum atomic E-state index is 0.135. The summed E-state index contributed by atoms with van der Waals surface area (Å²) < 4.78 is 0. The highest BCUT2D eigenvalue weighted by Crippen LogP contribution is 2.17. The summed E-state index contributed by atoms with van der Waals surface area (Å²) in [7, 11) is 0. The topological polar surface area (TPSA) is 15.3 Å². The number of hydrogen-bond acceptors (Lipinski definition) is 2. The first-order valence-corrected chi connectivity index (χ1v) is 6.62. The lowest BCUT2D eigenvalue weighted by atomic mass is 10.1. The van der Waals surface area contributed by atoms with E-state index in [2.05, 4.69) is 55.3 Å². The Hall–Kier alpha value is -1.02. The predicted molar refractivity (Wildman–Crippen MR) is 74.3 cm³/mol. The van der Waals surface area contributed by atoms with Gasteiger partial charge in [-0.3, -0.25) is 4.90 Å². The van der Waals surface area contributed by atoms with Gasteiger partial charge in [0.25, 0.3) is 0 Å². The maximum atomic E-state index is 3.49. The summed E-state index contributed by atoms with van der Waals surface area (Å²) in [5.41, 5.74) is 2.77. The highest BCUT2D eigenvalue weighted by molar-refractivity contribution is 5.46. The molecule has 2 nitrogen and oxygen atoms in total. The van der Waals surface area contributed by atoms with Crippen LogP contribution in [0.15, 0.2) is 24.3 Å². The molecule has 0 radical (unpaired) electrons. The van der Waals surface area contributed by atoms with E-state index in [1.54, 1.807) is 0 Å². The van der Waals surface area contributed by atoms with Crippen LogP contribution in [-0.2, 0) is 6.54 Å². The second-order valence-corrected chi connectivity index (χ2v) is 6.06. The molecule has 0 spiro atoms. The van der Waals surface area contributed by atoms with Gasteiger partial charge in [-0.25, -0.2) is 0 Å².